The summed E-state index contributed by atoms with van der Waals surface area (Å²) in [5, 5.41) is 10.8. The zero-order valence-electron chi connectivity index (χ0n) is 9.05. The van der Waals surface area contributed by atoms with Gasteiger partial charge >= 0.3 is 0 Å². The minimum atomic E-state index is -0.150. The topological polar surface area (TPSA) is 20.2 Å². The minimum absolute atomic E-state index is 0.150. The van der Waals surface area contributed by atoms with E-state index in [9.17, 15) is 5.11 Å². The van der Waals surface area contributed by atoms with Gasteiger partial charge in [-0.3, -0.25) is 0 Å². The van der Waals surface area contributed by atoms with Crippen molar-refractivity contribution in [2.45, 2.75) is 6.61 Å². The molecule has 1 nitrogen and oxygen atoms in total. The van der Waals surface area contributed by atoms with E-state index in [0.29, 0.717) is 36.8 Å². The lowest BCUT2D eigenvalue weighted by Crippen LogP contribution is -1.90. The summed E-state index contributed by atoms with van der Waals surface area (Å²) in [6.45, 7) is -0.150. The number of rotatable bonds is 2. The van der Waals surface area contributed by atoms with Gasteiger partial charge in [0.15, 0.2) is 0 Å². The van der Waals surface area contributed by atoms with E-state index in [2.05, 4.69) is 0 Å². The molecular formula is C13H8Cl4O. The monoisotopic (exact) mass is 320 g/mol. The fraction of sp³-hybridized carbons (Fsp3) is 0.0769. The lowest BCUT2D eigenvalue weighted by molar-refractivity contribution is 0.282. The molecule has 0 spiro atoms. The fourth-order valence-electron chi connectivity index (χ4n) is 1.67. The van der Waals surface area contributed by atoms with Gasteiger partial charge in [0.25, 0.3) is 0 Å². The van der Waals surface area contributed by atoms with Crippen LogP contribution >= 0.6 is 46.4 Å². The molecule has 0 amide bonds. The Hall–Kier alpha value is -0.440. The molecule has 2 aromatic carbocycles. The Balaban J connectivity index is 2.73. The highest BCUT2D eigenvalue weighted by Crippen LogP contribution is 2.42. The second-order valence-corrected chi connectivity index (χ2v) is 5.23. The highest BCUT2D eigenvalue weighted by atomic mass is 35.5. The molecule has 0 fully saturated rings. The van der Waals surface area contributed by atoms with Crippen molar-refractivity contribution in [3.8, 4) is 11.1 Å². The quantitative estimate of drug-likeness (QED) is 0.728. The number of aliphatic hydroxyl groups excluding tert-OH is 1. The van der Waals surface area contributed by atoms with Crippen LogP contribution < -0.4 is 0 Å². The first-order valence-corrected chi connectivity index (χ1v) is 6.59. The minimum Gasteiger partial charge on any atom is -0.392 e. The van der Waals surface area contributed by atoms with Crippen LogP contribution in [0.1, 0.15) is 5.56 Å². The number of hydrogen-bond donors (Lipinski definition) is 1. The summed E-state index contributed by atoms with van der Waals surface area (Å²) in [7, 11) is 0. The van der Waals surface area contributed by atoms with Crippen molar-refractivity contribution in [2.75, 3.05) is 0 Å². The first-order valence-electron chi connectivity index (χ1n) is 5.08. The van der Waals surface area contributed by atoms with Crippen LogP contribution in [0.4, 0.5) is 0 Å². The zero-order chi connectivity index (χ0) is 13.3. The van der Waals surface area contributed by atoms with Crippen LogP contribution in [-0.2, 0) is 6.61 Å². The van der Waals surface area contributed by atoms with Crippen molar-refractivity contribution >= 4 is 46.4 Å². The average molecular weight is 322 g/mol. The molecule has 0 aliphatic heterocycles. The molecule has 0 aromatic heterocycles. The fourth-order valence-corrected chi connectivity index (χ4v) is 2.68. The van der Waals surface area contributed by atoms with E-state index in [1.54, 1.807) is 30.3 Å². The van der Waals surface area contributed by atoms with Gasteiger partial charge in [-0.25, -0.2) is 0 Å². The third kappa shape index (κ3) is 2.47. The Morgan fingerprint density at radius 2 is 1.50 bits per heavy atom. The molecule has 0 bridgehead atoms. The van der Waals surface area contributed by atoms with Crippen LogP contribution in [0.15, 0.2) is 30.3 Å². The van der Waals surface area contributed by atoms with E-state index < -0.39 is 0 Å². The normalized spacial score (nSPS) is 10.7. The van der Waals surface area contributed by atoms with E-state index >= 15 is 0 Å². The summed E-state index contributed by atoms with van der Waals surface area (Å²) in [4.78, 5) is 0. The van der Waals surface area contributed by atoms with Gasteiger partial charge in [0.2, 0.25) is 0 Å². The van der Waals surface area contributed by atoms with Crippen molar-refractivity contribution in [3.63, 3.8) is 0 Å². The summed E-state index contributed by atoms with van der Waals surface area (Å²) in [6.07, 6.45) is 0. The Kier molecular flexibility index (Phi) is 4.41. The van der Waals surface area contributed by atoms with E-state index in [4.69, 9.17) is 46.4 Å². The smallest absolute Gasteiger partial charge is 0.0696 e. The molecular weight excluding hydrogens is 314 g/mol. The first kappa shape index (κ1) is 14.0. The lowest BCUT2D eigenvalue weighted by Gasteiger charge is -2.12. The Morgan fingerprint density at radius 3 is 2.17 bits per heavy atom. The highest BCUT2D eigenvalue weighted by Gasteiger charge is 2.15. The first-order chi connectivity index (χ1) is 8.56. The van der Waals surface area contributed by atoms with E-state index in [1.807, 2.05) is 0 Å². The van der Waals surface area contributed by atoms with Gasteiger partial charge < -0.3 is 5.11 Å². The summed E-state index contributed by atoms with van der Waals surface area (Å²) < 4.78 is 0. The van der Waals surface area contributed by atoms with Crippen LogP contribution in [0.25, 0.3) is 11.1 Å². The van der Waals surface area contributed by atoms with Crippen molar-refractivity contribution in [1.29, 1.82) is 0 Å². The molecule has 0 saturated heterocycles. The molecule has 0 saturated carbocycles. The molecule has 2 rings (SSSR count). The van der Waals surface area contributed by atoms with Crippen LogP contribution in [0, 0.1) is 0 Å². The number of hydrogen-bond acceptors (Lipinski definition) is 1. The van der Waals surface area contributed by atoms with Gasteiger partial charge in [-0.1, -0.05) is 64.6 Å². The molecule has 0 heterocycles. The second kappa shape index (κ2) is 5.68. The van der Waals surface area contributed by atoms with E-state index in [0.717, 1.165) is 0 Å². The molecule has 18 heavy (non-hydrogen) atoms. The molecule has 0 unspecified atom stereocenters. The molecule has 0 aliphatic rings. The molecule has 0 atom stereocenters. The summed E-state index contributed by atoms with van der Waals surface area (Å²) in [5.74, 6) is 0. The van der Waals surface area contributed by atoms with E-state index in [1.165, 1.54) is 0 Å². The number of benzene rings is 2. The lowest BCUT2D eigenvalue weighted by atomic mass is 10.0. The van der Waals surface area contributed by atoms with Gasteiger partial charge in [0, 0.05) is 11.1 Å². The molecule has 5 heteroatoms. The van der Waals surface area contributed by atoms with Crippen molar-refractivity contribution < 1.29 is 5.11 Å². The predicted octanol–water partition coefficient (Wildman–Crippen LogP) is 5.46. The molecule has 0 radical (unpaired) electrons. The Bertz CT molecular complexity index is 596. The van der Waals surface area contributed by atoms with Gasteiger partial charge in [0.05, 0.1) is 26.7 Å². The number of halogens is 4. The molecule has 0 aliphatic carbocycles. The van der Waals surface area contributed by atoms with Gasteiger partial charge in [-0.2, -0.15) is 0 Å². The summed E-state index contributed by atoms with van der Waals surface area (Å²) in [6, 6.07) is 8.58. The maximum absolute atomic E-state index is 9.21. The molecule has 94 valence electrons. The van der Waals surface area contributed by atoms with Gasteiger partial charge in [0.1, 0.15) is 0 Å². The van der Waals surface area contributed by atoms with Gasteiger partial charge in [-0.15, -0.1) is 0 Å². The van der Waals surface area contributed by atoms with Crippen LogP contribution in [-0.4, -0.2) is 5.11 Å². The molecule has 2 aromatic rings. The van der Waals surface area contributed by atoms with Crippen molar-refractivity contribution in [3.05, 3.63) is 56.0 Å². The predicted molar refractivity (Wildman–Crippen MR) is 77.8 cm³/mol. The maximum Gasteiger partial charge on any atom is 0.0696 e. The van der Waals surface area contributed by atoms with Crippen LogP contribution in [0.5, 0.6) is 0 Å². The Labute approximate surface area is 125 Å². The highest BCUT2D eigenvalue weighted by molar-refractivity contribution is 6.46. The number of aliphatic hydroxyl groups is 1. The van der Waals surface area contributed by atoms with Gasteiger partial charge in [-0.05, 0) is 17.7 Å². The van der Waals surface area contributed by atoms with Crippen LogP contribution in [0.3, 0.4) is 0 Å². The summed E-state index contributed by atoms with van der Waals surface area (Å²) >= 11 is 24.5. The van der Waals surface area contributed by atoms with Crippen molar-refractivity contribution in [2.24, 2.45) is 0 Å². The summed E-state index contributed by atoms with van der Waals surface area (Å²) in [5.41, 5.74) is 1.84. The van der Waals surface area contributed by atoms with E-state index in [-0.39, 0.29) is 6.61 Å². The largest absolute Gasteiger partial charge is 0.392 e. The standard InChI is InChI=1S/C13H8Cl4O/c14-9-4-5-10(15)13(17)11(9)8-3-1-2-7(6-18)12(8)16/h1-5,18H,6H2. The third-order valence-electron chi connectivity index (χ3n) is 2.56. The zero-order valence-corrected chi connectivity index (χ0v) is 12.1. The second-order valence-electron chi connectivity index (χ2n) is 3.65. The maximum atomic E-state index is 9.21. The van der Waals surface area contributed by atoms with Crippen molar-refractivity contribution in [1.82, 2.24) is 0 Å². The average Bonchev–Trinajstić information content (AvgIpc) is 2.36. The van der Waals surface area contributed by atoms with Crippen LogP contribution in [0.2, 0.25) is 20.1 Å². The third-order valence-corrected chi connectivity index (χ3v) is 4.13. The Morgan fingerprint density at radius 1 is 0.833 bits per heavy atom. The SMILES string of the molecule is OCc1cccc(-c2c(Cl)ccc(Cl)c2Cl)c1Cl. The molecule has 1 N–H and O–H groups in total.